The van der Waals surface area contributed by atoms with E-state index in [1.807, 2.05) is 4.90 Å². The number of rotatable bonds is 2. The molecule has 0 aromatic rings. The quantitative estimate of drug-likeness (QED) is 0.815. The number of urea groups is 1. The van der Waals surface area contributed by atoms with Crippen LogP contribution in [0.2, 0.25) is 0 Å². The summed E-state index contributed by atoms with van der Waals surface area (Å²) in [4.78, 5) is 17.0. The highest BCUT2D eigenvalue weighted by Crippen LogP contribution is 2.27. The van der Waals surface area contributed by atoms with E-state index in [0.717, 1.165) is 64.1 Å². The minimum absolute atomic E-state index is 0.156. The Hall–Kier alpha value is -0.810. The van der Waals surface area contributed by atoms with Gasteiger partial charge >= 0.3 is 6.03 Å². The zero-order chi connectivity index (χ0) is 15.4. The second-order valence-electron chi connectivity index (χ2n) is 7.42. The Bertz CT molecular complexity index is 362. The second-order valence-corrected chi connectivity index (χ2v) is 7.42. The Morgan fingerprint density at radius 3 is 2.45 bits per heavy atom. The molecule has 0 spiro atoms. The first-order valence-corrected chi connectivity index (χ1v) is 9.22. The van der Waals surface area contributed by atoms with Crippen LogP contribution in [0.25, 0.3) is 0 Å². The molecular formula is C17H32N4O. The zero-order valence-electron chi connectivity index (χ0n) is 14.0. The van der Waals surface area contributed by atoms with E-state index in [9.17, 15) is 4.79 Å². The van der Waals surface area contributed by atoms with Crippen molar-refractivity contribution in [3.05, 3.63) is 0 Å². The highest BCUT2D eigenvalue weighted by Gasteiger charge is 2.29. The molecule has 0 aromatic heterocycles. The second kappa shape index (κ2) is 7.64. The lowest BCUT2D eigenvalue weighted by Crippen LogP contribution is -2.56. The third-order valence-electron chi connectivity index (χ3n) is 5.69. The van der Waals surface area contributed by atoms with Gasteiger partial charge in [0.1, 0.15) is 0 Å². The molecule has 3 fully saturated rings. The molecule has 0 radical (unpaired) electrons. The van der Waals surface area contributed by atoms with Gasteiger partial charge < -0.3 is 15.5 Å². The fourth-order valence-corrected chi connectivity index (χ4v) is 4.26. The number of carbonyl (C=O) groups is 1. The number of piperazine rings is 1. The van der Waals surface area contributed by atoms with Crippen molar-refractivity contribution >= 4 is 6.03 Å². The summed E-state index contributed by atoms with van der Waals surface area (Å²) in [5.74, 6) is 0.875. The normalized spacial score (nSPS) is 32.0. The van der Waals surface area contributed by atoms with Crippen molar-refractivity contribution in [1.82, 2.24) is 20.4 Å². The molecule has 1 saturated carbocycles. The van der Waals surface area contributed by atoms with Crippen LogP contribution in [0.3, 0.4) is 0 Å². The zero-order valence-corrected chi connectivity index (χ0v) is 14.0. The Kier molecular flexibility index (Phi) is 5.58. The van der Waals surface area contributed by atoms with Gasteiger partial charge in [0.05, 0.1) is 0 Å². The monoisotopic (exact) mass is 308 g/mol. The van der Waals surface area contributed by atoms with Crippen LogP contribution in [-0.2, 0) is 0 Å². The summed E-state index contributed by atoms with van der Waals surface area (Å²) in [5, 5.41) is 6.56. The van der Waals surface area contributed by atoms with Crippen LogP contribution >= 0.6 is 0 Å². The van der Waals surface area contributed by atoms with Crippen LogP contribution in [0.4, 0.5) is 4.79 Å². The predicted octanol–water partition coefficient (Wildman–Crippen LogP) is 1.64. The molecule has 2 N–H and O–H groups in total. The van der Waals surface area contributed by atoms with E-state index in [1.54, 1.807) is 0 Å². The summed E-state index contributed by atoms with van der Waals surface area (Å²) in [6.45, 7) is 8.32. The topological polar surface area (TPSA) is 47.6 Å². The maximum Gasteiger partial charge on any atom is 0.317 e. The standard InChI is InChI=1S/C17H32N4O/c1-14-3-2-4-16(13-14)20-9-11-21(12-10-20)17(22)19-15-5-7-18-8-6-15/h14-16,18H,2-13H2,1H3,(H,19,22)/t14?,16-/m1/s1. The number of piperidine rings is 1. The minimum Gasteiger partial charge on any atom is -0.335 e. The lowest BCUT2D eigenvalue weighted by Gasteiger charge is -2.42. The van der Waals surface area contributed by atoms with Gasteiger partial charge in [0.15, 0.2) is 0 Å². The molecule has 1 unspecified atom stereocenters. The molecule has 0 bridgehead atoms. The Morgan fingerprint density at radius 2 is 1.77 bits per heavy atom. The van der Waals surface area contributed by atoms with Gasteiger partial charge in [0, 0.05) is 38.3 Å². The van der Waals surface area contributed by atoms with Crippen LogP contribution in [0.1, 0.15) is 45.4 Å². The molecule has 2 atom stereocenters. The Balaban J connectivity index is 1.41. The van der Waals surface area contributed by atoms with Crippen LogP contribution < -0.4 is 10.6 Å². The van der Waals surface area contributed by atoms with Crippen molar-refractivity contribution < 1.29 is 4.79 Å². The molecule has 3 aliphatic rings. The van der Waals surface area contributed by atoms with Crippen LogP contribution in [0.15, 0.2) is 0 Å². The van der Waals surface area contributed by atoms with E-state index in [2.05, 4.69) is 22.5 Å². The first-order chi connectivity index (χ1) is 10.7. The molecule has 2 aliphatic heterocycles. The van der Waals surface area contributed by atoms with Crippen molar-refractivity contribution in [3.8, 4) is 0 Å². The van der Waals surface area contributed by atoms with E-state index in [4.69, 9.17) is 0 Å². The molecule has 0 aromatic carbocycles. The van der Waals surface area contributed by atoms with Gasteiger partial charge in [-0.3, -0.25) is 4.90 Å². The number of carbonyl (C=O) groups excluding carboxylic acids is 1. The lowest BCUT2D eigenvalue weighted by molar-refractivity contribution is 0.0790. The number of amides is 2. The molecule has 3 rings (SSSR count). The molecule has 2 saturated heterocycles. The van der Waals surface area contributed by atoms with Gasteiger partial charge in [-0.05, 0) is 44.7 Å². The Morgan fingerprint density at radius 1 is 1.05 bits per heavy atom. The Labute approximate surface area is 134 Å². The van der Waals surface area contributed by atoms with Gasteiger partial charge in [0.2, 0.25) is 0 Å². The largest absolute Gasteiger partial charge is 0.335 e. The molecule has 2 amide bonds. The predicted molar refractivity (Wildman–Crippen MR) is 89.0 cm³/mol. The first kappa shape index (κ1) is 16.1. The van der Waals surface area contributed by atoms with Crippen LogP contribution in [0.5, 0.6) is 0 Å². The van der Waals surface area contributed by atoms with Crippen molar-refractivity contribution in [2.24, 2.45) is 5.92 Å². The maximum absolute atomic E-state index is 12.4. The summed E-state index contributed by atoms with van der Waals surface area (Å²) in [7, 11) is 0. The molecule has 22 heavy (non-hydrogen) atoms. The SMILES string of the molecule is CC1CCC[C@@H](N2CCN(C(=O)NC3CCNCC3)CC2)C1. The van der Waals surface area contributed by atoms with E-state index >= 15 is 0 Å². The smallest absolute Gasteiger partial charge is 0.317 e. The molecule has 5 heteroatoms. The third-order valence-corrected chi connectivity index (χ3v) is 5.69. The third kappa shape index (κ3) is 4.13. The van der Waals surface area contributed by atoms with E-state index in [-0.39, 0.29) is 6.03 Å². The number of nitrogens with zero attached hydrogens (tertiary/aromatic N) is 2. The fraction of sp³-hybridized carbons (Fsp3) is 0.941. The van der Waals surface area contributed by atoms with Gasteiger partial charge in [-0.2, -0.15) is 0 Å². The number of hydrogen-bond acceptors (Lipinski definition) is 3. The van der Waals surface area contributed by atoms with Gasteiger partial charge in [-0.15, -0.1) is 0 Å². The summed E-state index contributed by atoms with van der Waals surface area (Å²) < 4.78 is 0. The van der Waals surface area contributed by atoms with Crippen molar-refractivity contribution in [2.75, 3.05) is 39.3 Å². The van der Waals surface area contributed by atoms with Gasteiger partial charge in [-0.1, -0.05) is 19.8 Å². The average Bonchev–Trinajstić information content (AvgIpc) is 2.56. The fourth-order valence-electron chi connectivity index (χ4n) is 4.26. The molecule has 2 heterocycles. The van der Waals surface area contributed by atoms with E-state index in [1.165, 1.54) is 25.7 Å². The molecule has 1 aliphatic carbocycles. The highest BCUT2D eigenvalue weighted by atomic mass is 16.2. The van der Waals surface area contributed by atoms with Crippen LogP contribution in [0, 0.1) is 5.92 Å². The average molecular weight is 308 g/mol. The molecule has 126 valence electrons. The summed E-state index contributed by atoms with van der Waals surface area (Å²) >= 11 is 0. The number of nitrogens with one attached hydrogen (secondary N) is 2. The number of hydrogen-bond donors (Lipinski definition) is 2. The van der Waals surface area contributed by atoms with E-state index in [0.29, 0.717) is 6.04 Å². The maximum atomic E-state index is 12.4. The summed E-state index contributed by atoms with van der Waals surface area (Å²) in [6.07, 6.45) is 7.60. The summed E-state index contributed by atoms with van der Waals surface area (Å²) in [5.41, 5.74) is 0. The first-order valence-electron chi connectivity index (χ1n) is 9.22. The molecule has 5 nitrogen and oxygen atoms in total. The summed E-state index contributed by atoms with van der Waals surface area (Å²) in [6, 6.07) is 1.29. The van der Waals surface area contributed by atoms with Crippen molar-refractivity contribution in [2.45, 2.75) is 57.5 Å². The van der Waals surface area contributed by atoms with Gasteiger partial charge in [-0.25, -0.2) is 4.79 Å². The van der Waals surface area contributed by atoms with E-state index < -0.39 is 0 Å². The lowest BCUT2D eigenvalue weighted by atomic mass is 9.86. The van der Waals surface area contributed by atoms with Crippen molar-refractivity contribution in [3.63, 3.8) is 0 Å². The van der Waals surface area contributed by atoms with Crippen LogP contribution in [-0.4, -0.2) is 67.2 Å². The van der Waals surface area contributed by atoms with Gasteiger partial charge in [0.25, 0.3) is 0 Å². The minimum atomic E-state index is 0.156. The highest BCUT2D eigenvalue weighted by molar-refractivity contribution is 5.74. The van der Waals surface area contributed by atoms with Crippen molar-refractivity contribution in [1.29, 1.82) is 0 Å². The molecular weight excluding hydrogens is 276 g/mol.